The van der Waals surface area contributed by atoms with Crippen LogP contribution in [0.3, 0.4) is 0 Å². The summed E-state index contributed by atoms with van der Waals surface area (Å²) in [6.07, 6.45) is 6.58. The minimum absolute atomic E-state index is 0.0859. The van der Waals surface area contributed by atoms with Crippen molar-refractivity contribution in [1.29, 1.82) is 0 Å². The molecule has 2 nitrogen and oxygen atoms in total. The van der Waals surface area contributed by atoms with Crippen LogP contribution in [0.15, 0.2) is 59.6 Å². The second-order valence-electron chi connectivity index (χ2n) is 6.96. The highest BCUT2D eigenvalue weighted by Crippen LogP contribution is 2.38. The number of nitrogens with zero attached hydrogens (tertiary/aromatic N) is 1. The van der Waals surface area contributed by atoms with E-state index in [1.54, 1.807) is 0 Å². The molecule has 122 valence electrons. The zero-order valence-corrected chi connectivity index (χ0v) is 14.3. The Morgan fingerprint density at radius 3 is 2.25 bits per heavy atom. The van der Waals surface area contributed by atoms with Gasteiger partial charge < -0.3 is 5.32 Å². The Balaban J connectivity index is 1.73. The van der Waals surface area contributed by atoms with E-state index in [9.17, 15) is 0 Å². The molecule has 1 N–H and O–H groups in total. The largest absolute Gasteiger partial charge is 0.316 e. The average molecular weight is 316 g/mol. The zero-order chi connectivity index (χ0) is 16.4. The van der Waals surface area contributed by atoms with Gasteiger partial charge in [-0.15, -0.1) is 0 Å². The van der Waals surface area contributed by atoms with Gasteiger partial charge in [0.2, 0.25) is 0 Å². The molecule has 1 fully saturated rings. The second-order valence-corrected chi connectivity index (χ2v) is 6.96. The molecule has 0 aromatic heterocycles. The normalized spacial score (nSPS) is 23.3. The van der Waals surface area contributed by atoms with Crippen LogP contribution < -0.4 is 5.32 Å². The van der Waals surface area contributed by atoms with Crippen LogP contribution in [0.4, 0.5) is 0 Å². The lowest BCUT2D eigenvalue weighted by Crippen LogP contribution is -2.44. The van der Waals surface area contributed by atoms with Crippen molar-refractivity contribution in [2.24, 2.45) is 4.99 Å². The fourth-order valence-corrected chi connectivity index (χ4v) is 3.97. The molecule has 2 aliphatic heterocycles. The molecule has 2 heteroatoms. The van der Waals surface area contributed by atoms with Crippen molar-refractivity contribution in [1.82, 2.24) is 5.32 Å². The topological polar surface area (TPSA) is 24.4 Å². The van der Waals surface area contributed by atoms with Gasteiger partial charge in [-0.2, -0.15) is 0 Å². The highest BCUT2D eigenvalue weighted by Gasteiger charge is 2.35. The summed E-state index contributed by atoms with van der Waals surface area (Å²) in [4.78, 5) is 4.30. The van der Waals surface area contributed by atoms with Gasteiger partial charge in [0, 0.05) is 18.2 Å². The third kappa shape index (κ3) is 2.71. The van der Waals surface area contributed by atoms with Crippen molar-refractivity contribution in [3.63, 3.8) is 0 Å². The number of aryl methyl sites for hydroxylation is 1. The third-order valence-electron chi connectivity index (χ3n) is 5.41. The van der Waals surface area contributed by atoms with E-state index in [2.05, 4.69) is 71.8 Å². The van der Waals surface area contributed by atoms with E-state index >= 15 is 0 Å². The Hall–Kier alpha value is -2.19. The van der Waals surface area contributed by atoms with Crippen molar-refractivity contribution >= 4 is 11.8 Å². The Morgan fingerprint density at radius 1 is 0.958 bits per heavy atom. The summed E-state index contributed by atoms with van der Waals surface area (Å²) in [6, 6.07) is 18.2. The molecule has 1 unspecified atom stereocenters. The van der Waals surface area contributed by atoms with Gasteiger partial charge in [-0.3, -0.25) is 4.99 Å². The molecule has 0 radical (unpaired) electrons. The molecule has 2 aromatic carbocycles. The van der Waals surface area contributed by atoms with Crippen molar-refractivity contribution in [2.45, 2.75) is 25.2 Å². The molecule has 1 saturated heterocycles. The Kier molecular flexibility index (Phi) is 4.07. The molecule has 0 spiro atoms. The number of nitrogens with one attached hydrogen (secondary N) is 1. The van der Waals surface area contributed by atoms with Gasteiger partial charge in [0.05, 0.1) is 6.54 Å². The Bertz CT molecular complexity index is 761. The van der Waals surface area contributed by atoms with Crippen LogP contribution in [0.5, 0.6) is 0 Å². The van der Waals surface area contributed by atoms with E-state index in [4.69, 9.17) is 0 Å². The van der Waals surface area contributed by atoms with E-state index < -0.39 is 0 Å². The summed E-state index contributed by atoms with van der Waals surface area (Å²) >= 11 is 0. The summed E-state index contributed by atoms with van der Waals surface area (Å²) < 4.78 is 0. The Labute approximate surface area is 144 Å². The van der Waals surface area contributed by atoms with Crippen LogP contribution in [0.25, 0.3) is 5.57 Å². The summed E-state index contributed by atoms with van der Waals surface area (Å²) in [7, 11) is 0. The number of allylic oxidation sites excluding steroid dienone is 1. The van der Waals surface area contributed by atoms with E-state index in [0.29, 0.717) is 0 Å². The van der Waals surface area contributed by atoms with Gasteiger partial charge in [0.15, 0.2) is 0 Å². The van der Waals surface area contributed by atoms with Crippen LogP contribution in [0.1, 0.15) is 35.1 Å². The molecule has 0 aliphatic carbocycles. The first kappa shape index (κ1) is 15.3. The monoisotopic (exact) mass is 316 g/mol. The van der Waals surface area contributed by atoms with Crippen LogP contribution in [0, 0.1) is 6.92 Å². The lowest BCUT2D eigenvalue weighted by molar-refractivity contribution is 0.366. The molecule has 1 atom stereocenters. The van der Waals surface area contributed by atoms with Gasteiger partial charge >= 0.3 is 0 Å². The van der Waals surface area contributed by atoms with E-state index in [0.717, 1.165) is 19.6 Å². The highest BCUT2D eigenvalue weighted by atomic mass is 14.9. The molecule has 2 aromatic rings. The summed E-state index contributed by atoms with van der Waals surface area (Å²) in [5, 5.41) is 3.62. The van der Waals surface area contributed by atoms with Crippen LogP contribution in [-0.4, -0.2) is 25.8 Å². The molecule has 4 rings (SSSR count). The van der Waals surface area contributed by atoms with E-state index in [1.807, 2.05) is 6.21 Å². The quantitative estimate of drug-likeness (QED) is 0.904. The molecule has 0 saturated carbocycles. The van der Waals surface area contributed by atoms with E-state index in [1.165, 1.54) is 40.7 Å². The minimum atomic E-state index is 0.0859. The van der Waals surface area contributed by atoms with Crippen molar-refractivity contribution in [3.05, 3.63) is 76.9 Å². The van der Waals surface area contributed by atoms with Gasteiger partial charge in [-0.1, -0.05) is 60.2 Å². The highest BCUT2D eigenvalue weighted by molar-refractivity contribution is 6.11. The smallest absolute Gasteiger partial charge is 0.0580 e. The predicted molar refractivity (Wildman–Crippen MR) is 102 cm³/mol. The van der Waals surface area contributed by atoms with Crippen molar-refractivity contribution in [3.8, 4) is 0 Å². The maximum absolute atomic E-state index is 4.30. The van der Waals surface area contributed by atoms with Crippen LogP contribution in [0.2, 0.25) is 0 Å². The SMILES string of the molecule is Cc1ccc(C2(c3ccc(C4=CCN=C4)cc3)CCCNC2)cc1. The standard InChI is InChI=1S/C22H24N2/c1-17-3-7-20(8-4-17)22(12-2-13-24-16-22)21-9-5-18(6-10-21)19-11-14-23-15-19/h3-11,15,24H,2,12-14,16H2,1H3. The van der Waals surface area contributed by atoms with Crippen molar-refractivity contribution < 1.29 is 0 Å². The molecule has 2 heterocycles. The van der Waals surface area contributed by atoms with Gasteiger partial charge in [0.1, 0.15) is 0 Å². The third-order valence-corrected chi connectivity index (χ3v) is 5.41. The fourth-order valence-electron chi connectivity index (χ4n) is 3.97. The molecule has 0 bridgehead atoms. The molecule has 2 aliphatic rings. The number of rotatable bonds is 3. The first-order valence-corrected chi connectivity index (χ1v) is 8.87. The van der Waals surface area contributed by atoms with Crippen LogP contribution in [-0.2, 0) is 5.41 Å². The average Bonchev–Trinajstić information content (AvgIpc) is 3.18. The molecule has 0 amide bonds. The number of piperidine rings is 1. The molecule has 24 heavy (non-hydrogen) atoms. The van der Waals surface area contributed by atoms with E-state index in [-0.39, 0.29) is 5.41 Å². The number of benzene rings is 2. The lowest BCUT2D eigenvalue weighted by Gasteiger charge is -2.39. The minimum Gasteiger partial charge on any atom is -0.316 e. The predicted octanol–water partition coefficient (Wildman–Crippen LogP) is 4.13. The second kappa shape index (κ2) is 6.37. The fraction of sp³-hybridized carbons (Fsp3) is 0.318. The summed E-state index contributed by atoms with van der Waals surface area (Å²) in [6.45, 7) is 5.10. The molecular weight excluding hydrogens is 292 g/mol. The van der Waals surface area contributed by atoms with Crippen LogP contribution >= 0.6 is 0 Å². The van der Waals surface area contributed by atoms with Gasteiger partial charge in [-0.05, 0) is 48.6 Å². The first-order chi connectivity index (χ1) is 11.8. The maximum Gasteiger partial charge on any atom is 0.0580 e. The number of hydrogen-bond donors (Lipinski definition) is 1. The molecular formula is C22H24N2. The number of hydrogen-bond acceptors (Lipinski definition) is 2. The number of aliphatic imine (C=N–C) groups is 1. The summed E-state index contributed by atoms with van der Waals surface area (Å²) in [5.41, 5.74) is 6.76. The summed E-state index contributed by atoms with van der Waals surface area (Å²) in [5.74, 6) is 0. The van der Waals surface area contributed by atoms with Crippen molar-refractivity contribution in [2.75, 3.05) is 19.6 Å². The zero-order valence-electron chi connectivity index (χ0n) is 14.3. The first-order valence-electron chi connectivity index (χ1n) is 8.87. The van der Waals surface area contributed by atoms with Gasteiger partial charge in [0.25, 0.3) is 0 Å². The lowest BCUT2D eigenvalue weighted by atomic mass is 9.69. The van der Waals surface area contributed by atoms with Gasteiger partial charge in [-0.25, -0.2) is 0 Å². The maximum atomic E-state index is 4.30. The Morgan fingerprint density at radius 2 is 1.67 bits per heavy atom.